The van der Waals surface area contributed by atoms with Gasteiger partial charge in [0, 0.05) is 54.8 Å². The van der Waals surface area contributed by atoms with Crippen LogP contribution in [0.4, 0.5) is 0 Å². The highest BCUT2D eigenvalue weighted by molar-refractivity contribution is 7.09. The van der Waals surface area contributed by atoms with Crippen molar-refractivity contribution in [2.45, 2.75) is 6.54 Å². The summed E-state index contributed by atoms with van der Waals surface area (Å²) in [4.78, 5) is 21.5. The molecule has 7 nitrogen and oxygen atoms in total. The van der Waals surface area contributed by atoms with E-state index in [0.29, 0.717) is 24.5 Å². The molecule has 150 valence electrons. The molecule has 0 spiro atoms. The number of amides is 1. The van der Waals surface area contributed by atoms with Gasteiger partial charge in [-0.1, -0.05) is 35.5 Å². The maximum Gasteiger partial charge on any atom is 0.276 e. The van der Waals surface area contributed by atoms with Crippen molar-refractivity contribution in [2.24, 2.45) is 11.3 Å². The molecule has 2 unspecified atom stereocenters. The molecule has 0 bridgehead atoms. The molecule has 4 heterocycles. The van der Waals surface area contributed by atoms with Gasteiger partial charge in [0.25, 0.3) is 5.91 Å². The SMILES string of the molecule is O=C(c1cc(-c2ccccc2)on1)N1CC2CN(Cc3nccs3)CC2(CO)C1. The van der Waals surface area contributed by atoms with Crippen LogP contribution < -0.4 is 0 Å². The summed E-state index contributed by atoms with van der Waals surface area (Å²) in [7, 11) is 0. The Bertz CT molecular complexity index is 991. The molecule has 1 aromatic carbocycles. The van der Waals surface area contributed by atoms with Crippen LogP contribution in [0.25, 0.3) is 11.3 Å². The standard InChI is InChI=1S/C21H22N4O3S/c26-14-21-12-24(11-19-22-6-7-29-19)9-16(21)10-25(13-21)20(27)17-8-18(28-23-17)15-4-2-1-3-5-15/h1-8,16,26H,9-14H2. The molecule has 3 aromatic rings. The van der Waals surface area contributed by atoms with Crippen LogP contribution in [0.1, 0.15) is 15.5 Å². The Labute approximate surface area is 172 Å². The first kappa shape index (κ1) is 18.5. The number of aromatic nitrogens is 2. The van der Waals surface area contributed by atoms with Gasteiger partial charge in [0.2, 0.25) is 0 Å². The lowest BCUT2D eigenvalue weighted by Gasteiger charge is -2.26. The van der Waals surface area contributed by atoms with Crippen molar-refractivity contribution in [3.05, 3.63) is 58.7 Å². The third kappa shape index (κ3) is 3.37. The molecule has 1 N–H and O–H groups in total. The number of nitrogens with zero attached hydrogens (tertiary/aromatic N) is 4. The van der Waals surface area contributed by atoms with E-state index in [9.17, 15) is 9.90 Å². The molecule has 2 atom stereocenters. The number of likely N-dealkylation sites (tertiary alicyclic amines) is 2. The molecular formula is C21H22N4O3S. The van der Waals surface area contributed by atoms with Crippen LogP contribution in [0.2, 0.25) is 0 Å². The molecule has 2 fully saturated rings. The van der Waals surface area contributed by atoms with Crippen molar-refractivity contribution >= 4 is 17.2 Å². The van der Waals surface area contributed by atoms with Crippen molar-refractivity contribution in [1.29, 1.82) is 0 Å². The Hall–Kier alpha value is -2.55. The minimum Gasteiger partial charge on any atom is -0.396 e. The van der Waals surface area contributed by atoms with Gasteiger partial charge in [0.15, 0.2) is 11.5 Å². The molecule has 0 saturated carbocycles. The first-order chi connectivity index (χ1) is 14.2. The van der Waals surface area contributed by atoms with E-state index in [2.05, 4.69) is 15.0 Å². The largest absolute Gasteiger partial charge is 0.396 e. The molecule has 8 heteroatoms. The fourth-order valence-corrected chi connectivity index (χ4v) is 5.25. The molecular weight excluding hydrogens is 388 g/mol. The number of aliphatic hydroxyl groups excluding tert-OH is 1. The van der Waals surface area contributed by atoms with Crippen molar-refractivity contribution in [3.63, 3.8) is 0 Å². The molecule has 2 aliphatic heterocycles. The molecule has 0 aliphatic carbocycles. The number of benzene rings is 1. The highest BCUT2D eigenvalue weighted by Gasteiger charge is 2.53. The summed E-state index contributed by atoms with van der Waals surface area (Å²) in [5.41, 5.74) is 0.928. The van der Waals surface area contributed by atoms with Gasteiger partial charge >= 0.3 is 0 Å². The highest BCUT2D eigenvalue weighted by Crippen LogP contribution is 2.43. The molecule has 2 aliphatic rings. The van der Waals surface area contributed by atoms with Gasteiger partial charge in [0.05, 0.1) is 13.2 Å². The Morgan fingerprint density at radius 2 is 2.14 bits per heavy atom. The number of thiazole rings is 1. The smallest absolute Gasteiger partial charge is 0.276 e. The lowest BCUT2D eigenvalue weighted by molar-refractivity contribution is 0.0709. The van der Waals surface area contributed by atoms with E-state index in [-0.39, 0.29) is 23.8 Å². The first-order valence-corrected chi connectivity index (χ1v) is 10.6. The Balaban J connectivity index is 1.28. The zero-order valence-electron chi connectivity index (χ0n) is 15.9. The van der Waals surface area contributed by atoms with E-state index in [1.807, 2.05) is 46.8 Å². The zero-order chi connectivity index (χ0) is 19.8. The van der Waals surface area contributed by atoms with E-state index in [4.69, 9.17) is 4.52 Å². The molecule has 0 radical (unpaired) electrons. The predicted octanol–water partition coefficient (Wildman–Crippen LogP) is 2.36. The van der Waals surface area contributed by atoms with E-state index in [1.54, 1.807) is 17.4 Å². The predicted molar refractivity (Wildman–Crippen MR) is 108 cm³/mol. The summed E-state index contributed by atoms with van der Waals surface area (Å²) >= 11 is 1.65. The van der Waals surface area contributed by atoms with Gasteiger partial charge in [-0.2, -0.15) is 0 Å². The van der Waals surface area contributed by atoms with E-state index < -0.39 is 0 Å². The second-order valence-corrected chi connectivity index (χ2v) is 8.92. The summed E-state index contributed by atoms with van der Waals surface area (Å²) in [6, 6.07) is 11.3. The first-order valence-electron chi connectivity index (χ1n) is 9.70. The van der Waals surface area contributed by atoms with Crippen LogP contribution in [-0.2, 0) is 6.54 Å². The monoisotopic (exact) mass is 410 g/mol. The zero-order valence-corrected chi connectivity index (χ0v) is 16.7. The molecule has 2 aromatic heterocycles. The van der Waals surface area contributed by atoms with Crippen LogP contribution in [0.3, 0.4) is 0 Å². The van der Waals surface area contributed by atoms with Gasteiger partial charge in [-0.15, -0.1) is 11.3 Å². The van der Waals surface area contributed by atoms with Gasteiger partial charge in [0.1, 0.15) is 5.01 Å². The highest BCUT2D eigenvalue weighted by atomic mass is 32.1. The molecule has 2 saturated heterocycles. The minimum atomic E-state index is -0.279. The summed E-state index contributed by atoms with van der Waals surface area (Å²) < 4.78 is 5.39. The molecule has 1 amide bonds. The van der Waals surface area contributed by atoms with Crippen LogP contribution in [0, 0.1) is 11.3 Å². The van der Waals surface area contributed by atoms with Crippen molar-refractivity contribution in [2.75, 3.05) is 32.8 Å². The lowest BCUT2D eigenvalue weighted by Crippen LogP contribution is -2.38. The van der Waals surface area contributed by atoms with Gasteiger partial charge in [-0.25, -0.2) is 4.98 Å². The maximum atomic E-state index is 13.0. The Morgan fingerprint density at radius 1 is 1.28 bits per heavy atom. The fraction of sp³-hybridized carbons (Fsp3) is 0.381. The lowest BCUT2D eigenvalue weighted by atomic mass is 9.82. The fourth-order valence-electron chi connectivity index (χ4n) is 4.59. The third-order valence-electron chi connectivity index (χ3n) is 6.06. The van der Waals surface area contributed by atoms with Crippen LogP contribution in [-0.4, -0.2) is 63.7 Å². The minimum absolute atomic E-state index is 0.0733. The maximum absolute atomic E-state index is 13.0. The Morgan fingerprint density at radius 3 is 2.86 bits per heavy atom. The van der Waals surface area contributed by atoms with Gasteiger partial charge in [-0.05, 0) is 5.92 Å². The number of aliphatic hydroxyl groups is 1. The second-order valence-electron chi connectivity index (χ2n) is 7.94. The third-order valence-corrected chi connectivity index (χ3v) is 6.83. The molecule has 29 heavy (non-hydrogen) atoms. The Kier molecular flexibility index (Phi) is 4.69. The van der Waals surface area contributed by atoms with Gasteiger partial charge < -0.3 is 14.5 Å². The summed E-state index contributed by atoms with van der Waals surface area (Å²) in [5.74, 6) is 0.696. The van der Waals surface area contributed by atoms with Crippen molar-refractivity contribution in [1.82, 2.24) is 19.9 Å². The quantitative estimate of drug-likeness (QED) is 0.695. The van der Waals surface area contributed by atoms with Crippen LogP contribution >= 0.6 is 11.3 Å². The van der Waals surface area contributed by atoms with E-state index in [0.717, 1.165) is 30.2 Å². The van der Waals surface area contributed by atoms with E-state index in [1.165, 1.54) is 0 Å². The van der Waals surface area contributed by atoms with Crippen LogP contribution in [0.5, 0.6) is 0 Å². The van der Waals surface area contributed by atoms with Crippen molar-refractivity contribution < 1.29 is 14.4 Å². The summed E-state index contributed by atoms with van der Waals surface area (Å²) in [6.45, 7) is 3.66. The number of rotatable bonds is 5. The number of carbonyl (C=O) groups is 1. The summed E-state index contributed by atoms with van der Waals surface area (Å²) in [6.07, 6.45) is 1.82. The van der Waals surface area contributed by atoms with Crippen LogP contribution in [0.15, 0.2) is 52.5 Å². The van der Waals surface area contributed by atoms with Gasteiger partial charge in [-0.3, -0.25) is 9.69 Å². The number of hydrogen-bond acceptors (Lipinski definition) is 7. The summed E-state index contributed by atoms with van der Waals surface area (Å²) in [5, 5.41) is 17.2. The number of fused-ring (bicyclic) bond motifs is 1. The van der Waals surface area contributed by atoms with Crippen molar-refractivity contribution in [3.8, 4) is 11.3 Å². The average molecular weight is 410 g/mol. The second kappa shape index (κ2) is 7.37. The average Bonchev–Trinajstić information content (AvgIpc) is 3.52. The normalized spacial score (nSPS) is 24.2. The van der Waals surface area contributed by atoms with E-state index >= 15 is 0 Å². The number of carbonyl (C=O) groups excluding carboxylic acids is 1. The topological polar surface area (TPSA) is 82.7 Å². The molecule has 5 rings (SSSR count). The number of hydrogen-bond donors (Lipinski definition) is 1.